The third-order valence-electron chi connectivity index (χ3n) is 5.15. The van der Waals surface area contributed by atoms with Crippen molar-refractivity contribution >= 4 is 5.69 Å². The van der Waals surface area contributed by atoms with Gasteiger partial charge in [0.2, 0.25) is 0 Å². The van der Waals surface area contributed by atoms with Gasteiger partial charge in [0.05, 0.1) is 0 Å². The first-order valence-corrected chi connectivity index (χ1v) is 9.11. The van der Waals surface area contributed by atoms with Crippen LogP contribution in [0.3, 0.4) is 0 Å². The maximum Gasteiger partial charge on any atom is 0.119 e. The van der Waals surface area contributed by atoms with Crippen LogP contribution in [-0.4, -0.2) is 29.9 Å². The van der Waals surface area contributed by atoms with Gasteiger partial charge in [-0.3, -0.25) is 0 Å². The van der Waals surface area contributed by atoms with Crippen LogP contribution in [0.15, 0.2) is 48.5 Å². The van der Waals surface area contributed by atoms with Gasteiger partial charge in [-0.15, -0.1) is 0 Å². The second kappa shape index (κ2) is 7.09. The van der Waals surface area contributed by atoms with Gasteiger partial charge in [-0.25, -0.2) is 0 Å². The SMILES string of the molecule is Cc1ccc(OCC(O)CN2c3ccccc3C(C)CC2(C)C)cc1. The van der Waals surface area contributed by atoms with Gasteiger partial charge in [0.25, 0.3) is 0 Å². The molecule has 0 fully saturated rings. The molecule has 1 heterocycles. The Kier molecular flexibility index (Phi) is 5.05. The molecule has 2 aromatic carbocycles. The van der Waals surface area contributed by atoms with E-state index in [9.17, 15) is 5.11 Å². The van der Waals surface area contributed by atoms with Crippen molar-refractivity contribution in [1.29, 1.82) is 0 Å². The minimum Gasteiger partial charge on any atom is -0.491 e. The zero-order chi connectivity index (χ0) is 18.0. The molecule has 0 bridgehead atoms. The number of hydrogen-bond acceptors (Lipinski definition) is 3. The molecular formula is C22H29NO2. The number of hydrogen-bond donors (Lipinski definition) is 1. The van der Waals surface area contributed by atoms with Crippen LogP contribution in [0.5, 0.6) is 5.75 Å². The van der Waals surface area contributed by atoms with Crippen molar-refractivity contribution in [3.8, 4) is 5.75 Å². The Hall–Kier alpha value is -2.00. The fraction of sp³-hybridized carbons (Fsp3) is 0.455. The van der Waals surface area contributed by atoms with E-state index in [-0.39, 0.29) is 5.54 Å². The molecule has 1 N–H and O–H groups in total. The summed E-state index contributed by atoms with van der Waals surface area (Å²) in [5, 5.41) is 10.6. The summed E-state index contributed by atoms with van der Waals surface area (Å²) >= 11 is 0. The van der Waals surface area contributed by atoms with Gasteiger partial charge < -0.3 is 14.7 Å². The molecule has 1 aliphatic rings. The number of aryl methyl sites for hydroxylation is 1. The van der Waals surface area contributed by atoms with E-state index in [0.29, 0.717) is 19.1 Å². The number of anilines is 1. The Balaban J connectivity index is 1.70. The van der Waals surface area contributed by atoms with Gasteiger partial charge in [0, 0.05) is 17.8 Å². The lowest BCUT2D eigenvalue weighted by Crippen LogP contribution is -2.52. The molecule has 0 aliphatic carbocycles. The predicted molar refractivity (Wildman–Crippen MR) is 104 cm³/mol. The highest BCUT2D eigenvalue weighted by molar-refractivity contribution is 5.59. The normalized spacial score (nSPS) is 20.0. The first kappa shape index (κ1) is 17.8. The van der Waals surface area contributed by atoms with Crippen LogP contribution in [0, 0.1) is 6.92 Å². The van der Waals surface area contributed by atoms with Crippen molar-refractivity contribution in [1.82, 2.24) is 0 Å². The molecule has 0 saturated carbocycles. The fourth-order valence-corrected chi connectivity index (χ4v) is 3.88. The Labute approximate surface area is 151 Å². The number of aliphatic hydroxyl groups is 1. The molecule has 0 aromatic heterocycles. The van der Waals surface area contributed by atoms with Crippen molar-refractivity contribution in [3.63, 3.8) is 0 Å². The second-order valence-corrected chi connectivity index (χ2v) is 7.86. The zero-order valence-corrected chi connectivity index (χ0v) is 15.7. The van der Waals surface area contributed by atoms with Crippen LogP contribution in [0.4, 0.5) is 5.69 Å². The van der Waals surface area contributed by atoms with Crippen LogP contribution < -0.4 is 9.64 Å². The monoisotopic (exact) mass is 339 g/mol. The van der Waals surface area contributed by atoms with Crippen LogP contribution in [0.2, 0.25) is 0 Å². The largest absolute Gasteiger partial charge is 0.491 e. The smallest absolute Gasteiger partial charge is 0.119 e. The molecular weight excluding hydrogens is 310 g/mol. The van der Waals surface area contributed by atoms with Crippen LogP contribution in [-0.2, 0) is 0 Å². The highest BCUT2D eigenvalue weighted by atomic mass is 16.5. The maximum absolute atomic E-state index is 10.6. The van der Waals surface area contributed by atoms with E-state index in [1.54, 1.807) is 0 Å². The number of β-amino-alcohol motifs (C(OH)–C–C–N with tert-alkyl or cyclic N) is 1. The minimum absolute atomic E-state index is 0.0125. The first-order chi connectivity index (χ1) is 11.9. The van der Waals surface area contributed by atoms with E-state index in [4.69, 9.17) is 4.74 Å². The van der Waals surface area contributed by atoms with Crippen molar-refractivity contribution < 1.29 is 9.84 Å². The molecule has 2 unspecified atom stereocenters. The lowest BCUT2D eigenvalue weighted by molar-refractivity contribution is 0.106. The summed E-state index contributed by atoms with van der Waals surface area (Å²) in [4.78, 5) is 2.34. The zero-order valence-electron chi connectivity index (χ0n) is 15.7. The number of fused-ring (bicyclic) bond motifs is 1. The molecule has 3 heteroatoms. The molecule has 0 saturated heterocycles. The van der Waals surface area contributed by atoms with Crippen molar-refractivity contribution in [2.45, 2.75) is 51.7 Å². The summed E-state index contributed by atoms with van der Waals surface area (Å²) in [5.41, 5.74) is 3.82. The Morgan fingerprint density at radius 3 is 2.56 bits per heavy atom. The molecule has 3 nitrogen and oxygen atoms in total. The molecule has 0 spiro atoms. The molecule has 3 rings (SSSR count). The van der Waals surface area contributed by atoms with Crippen molar-refractivity contribution in [3.05, 3.63) is 59.7 Å². The standard InChI is InChI=1S/C22H29NO2/c1-16-9-11-19(12-10-16)25-15-18(24)14-23-21-8-6-5-7-20(21)17(2)13-22(23,3)4/h5-12,17-18,24H,13-15H2,1-4H3. The van der Waals surface area contributed by atoms with Gasteiger partial charge in [-0.2, -0.15) is 0 Å². The summed E-state index contributed by atoms with van der Waals surface area (Å²) in [6.45, 7) is 9.72. The highest BCUT2D eigenvalue weighted by Crippen LogP contribution is 2.43. The summed E-state index contributed by atoms with van der Waals surface area (Å²) < 4.78 is 5.76. The third kappa shape index (κ3) is 3.98. The number of para-hydroxylation sites is 1. The van der Waals surface area contributed by atoms with E-state index in [2.05, 4.69) is 56.9 Å². The lowest BCUT2D eigenvalue weighted by Gasteiger charge is -2.48. The van der Waals surface area contributed by atoms with Gasteiger partial charge >= 0.3 is 0 Å². The average molecular weight is 339 g/mol. The Morgan fingerprint density at radius 2 is 1.84 bits per heavy atom. The van der Waals surface area contributed by atoms with Gasteiger partial charge in [0.1, 0.15) is 18.5 Å². The second-order valence-electron chi connectivity index (χ2n) is 7.86. The van der Waals surface area contributed by atoms with E-state index < -0.39 is 6.10 Å². The lowest BCUT2D eigenvalue weighted by atomic mass is 9.80. The fourth-order valence-electron chi connectivity index (χ4n) is 3.88. The summed E-state index contributed by atoms with van der Waals surface area (Å²) in [6, 6.07) is 16.5. The predicted octanol–water partition coefficient (Wildman–Crippen LogP) is 4.53. The molecule has 134 valence electrons. The van der Waals surface area contributed by atoms with Gasteiger partial charge in [-0.05, 0) is 56.9 Å². The van der Waals surface area contributed by atoms with Crippen LogP contribution >= 0.6 is 0 Å². The van der Waals surface area contributed by atoms with E-state index in [1.807, 2.05) is 24.3 Å². The van der Waals surface area contributed by atoms with E-state index >= 15 is 0 Å². The minimum atomic E-state index is -0.540. The number of benzene rings is 2. The highest BCUT2D eigenvalue weighted by Gasteiger charge is 2.36. The van der Waals surface area contributed by atoms with Crippen LogP contribution in [0.25, 0.3) is 0 Å². The number of aliphatic hydroxyl groups excluding tert-OH is 1. The molecule has 1 aliphatic heterocycles. The maximum atomic E-state index is 10.6. The quantitative estimate of drug-likeness (QED) is 0.869. The average Bonchev–Trinajstić information content (AvgIpc) is 2.58. The number of ether oxygens (including phenoxy) is 1. The molecule has 2 aromatic rings. The van der Waals surface area contributed by atoms with E-state index in [1.165, 1.54) is 16.8 Å². The summed E-state index contributed by atoms with van der Waals surface area (Å²) in [6.07, 6.45) is 0.539. The molecule has 0 radical (unpaired) electrons. The molecule has 2 atom stereocenters. The molecule has 0 amide bonds. The molecule has 25 heavy (non-hydrogen) atoms. The topological polar surface area (TPSA) is 32.7 Å². The Bertz CT molecular complexity index is 708. The number of nitrogens with zero attached hydrogens (tertiary/aromatic N) is 1. The van der Waals surface area contributed by atoms with Crippen molar-refractivity contribution in [2.75, 3.05) is 18.1 Å². The number of rotatable bonds is 5. The van der Waals surface area contributed by atoms with Crippen molar-refractivity contribution in [2.24, 2.45) is 0 Å². The Morgan fingerprint density at radius 1 is 1.16 bits per heavy atom. The van der Waals surface area contributed by atoms with Crippen LogP contribution in [0.1, 0.15) is 44.2 Å². The third-order valence-corrected chi connectivity index (χ3v) is 5.15. The van der Waals surface area contributed by atoms with Gasteiger partial charge in [-0.1, -0.05) is 42.8 Å². The summed E-state index contributed by atoms with van der Waals surface area (Å²) in [7, 11) is 0. The first-order valence-electron chi connectivity index (χ1n) is 9.11. The van der Waals surface area contributed by atoms with Gasteiger partial charge in [0.15, 0.2) is 0 Å². The summed E-state index contributed by atoms with van der Waals surface area (Å²) in [5.74, 6) is 1.33. The van der Waals surface area contributed by atoms with E-state index in [0.717, 1.165) is 12.2 Å².